The molecule has 16 heavy (non-hydrogen) atoms. The van der Waals surface area contributed by atoms with Crippen LogP contribution in [0.5, 0.6) is 0 Å². The lowest BCUT2D eigenvalue weighted by Crippen LogP contribution is -2.19. The number of aliphatic hydroxyl groups is 2. The summed E-state index contributed by atoms with van der Waals surface area (Å²) in [5.41, 5.74) is 0. The summed E-state index contributed by atoms with van der Waals surface area (Å²) in [4.78, 5) is 15.7. The van der Waals surface area contributed by atoms with Gasteiger partial charge in [-0.25, -0.2) is 4.98 Å². The van der Waals surface area contributed by atoms with Gasteiger partial charge in [-0.2, -0.15) is 0 Å². The van der Waals surface area contributed by atoms with E-state index in [1.807, 2.05) is 6.92 Å². The summed E-state index contributed by atoms with van der Waals surface area (Å²) in [6.07, 6.45) is 0.230. The van der Waals surface area contributed by atoms with Crippen molar-refractivity contribution in [3.05, 3.63) is 16.1 Å². The summed E-state index contributed by atoms with van der Waals surface area (Å²) in [6.45, 7) is 3.38. The number of carbonyl (C=O) groups is 1. The molecule has 1 aromatic heterocycles. The third-order valence-electron chi connectivity index (χ3n) is 1.98. The number of thioether (sulfide) groups is 1. The van der Waals surface area contributed by atoms with Gasteiger partial charge in [0.05, 0.1) is 6.10 Å². The van der Waals surface area contributed by atoms with E-state index in [2.05, 4.69) is 4.98 Å². The molecule has 1 rings (SSSR count). The Morgan fingerprint density at radius 3 is 2.81 bits per heavy atom. The van der Waals surface area contributed by atoms with Crippen LogP contribution in [-0.2, 0) is 4.79 Å². The number of aromatic nitrogens is 1. The molecular formula is C10H15NO3S2. The average Bonchev–Trinajstić information content (AvgIpc) is 2.63. The third kappa shape index (κ3) is 4.21. The van der Waals surface area contributed by atoms with Gasteiger partial charge < -0.3 is 10.2 Å². The van der Waals surface area contributed by atoms with Crippen molar-refractivity contribution < 1.29 is 15.0 Å². The fraction of sp³-hybridized carbons (Fsp3) is 0.600. The van der Waals surface area contributed by atoms with Crippen LogP contribution < -0.4 is 0 Å². The Hall–Kier alpha value is -0.430. The van der Waals surface area contributed by atoms with Crippen LogP contribution in [0.2, 0.25) is 0 Å². The summed E-state index contributed by atoms with van der Waals surface area (Å²) < 4.78 is 0. The molecule has 6 heteroatoms. The number of hydrogen-bond donors (Lipinski definition) is 2. The van der Waals surface area contributed by atoms with Crippen LogP contribution >= 0.6 is 23.1 Å². The van der Waals surface area contributed by atoms with E-state index in [9.17, 15) is 15.0 Å². The lowest BCUT2D eigenvalue weighted by atomic mass is 10.2. The fourth-order valence-electron chi connectivity index (χ4n) is 1.15. The smallest absolute Gasteiger partial charge is 0.185 e. The second-order valence-corrected chi connectivity index (χ2v) is 5.99. The van der Waals surface area contributed by atoms with E-state index >= 15 is 0 Å². The third-order valence-corrected chi connectivity index (χ3v) is 3.81. The van der Waals surface area contributed by atoms with Crippen LogP contribution in [0.3, 0.4) is 0 Å². The van der Waals surface area contributed by atoms with Crippen molar-refractivity contribution in [2.24, 2.45) is 0 Å². The quantitative estimate of drug-likeness (QED) is 0.841. The van der Waals surface area contributed by atoms with Gasteiger partial charge in [-0.1, -0.05) is 11.8 Å². The van der Waals surface area contributed by atoms with E-state index in [0.717, 1.165) is 16.6 Å². The molecule has 4 nitrogen and oxygen atoms in total. The van der Waals surface area contributed by atoms with Crippen molar-refractivity contribution >= 4 is 28.2 Å². The van der Waals surface area contributed by atoms with Gasteiger partial charge in [0.15, 0.2) is 5.12 Å². The van der Waals surface area contributed by atoms with Crippen LogP contribution in [-0.4, -0.2) is 32.2 Å². The molecule has 2 N–H and O–H groups in total. The van der Waals surface area contributed by atoms with Gasteiger partial charge in [0.25, 0.3) is 0 Å². The van der Waals surface area contributed by atoms with Gasteiger partial charge in [0.2, 0.25) is 0 Å². The molecule has 0 saturated heterocycles. The molecule has 90 valence electrons. The molecule has 1 heterocycles. The lowest BCUT2D eigenvalue weighted by Gasteiger charge is -2.14. The highest BCUT2D eigenvalue weighted by Gasteiger charge is 2.20. The zero-order valence-electron chi connectivity index (χ0n) is 9.21. The zero-order chi connectivity index (χ0) is 12.1. The van der Waals surface area contributed by atoms with E-state index in [0.29, 0.717) is 17.2 Å². The molecular weight excluding hydrogens is 246 g/mol. The Balaban J connectivity index is 2.41. The number of nitrogens with zero attached hydrogens (tertiary/aromatic N) is 1. The molecule has 2 atom stereocenters. The van der Waals surface area contributed by atoms with Gasteiger partial charge in [-0.3, -0.25) is 4.79 Å². The second-order valence-electron chi connectivity index (χ2n) is 3.45. The molecule has 0 saturated carbocycles. The summed E-state index contributed by atoms with van der Waals surface area (Å²) in [5, 5.41) is 20.0. The van der Waals surface area contributed by atoms with Gasteiger partial charge in [0.1, 0.15) is 11.1 Å². The summed E-state index contributed by atoms with van der Waals surface area (Å²) in [5.74, 6) is 0.512. The highest BCUT2D eigenvalue weighted by Crippen LogP contribution is 2.24. The van der Waals surface area contributed by atoms with Crippen molar-refractivity contribution in [3.63, 3.8) is 0 Å². The maximum atomic E-state index is 10.7. The predicted molar refractivity (Wildman–Crippen MR) is 65.6 cm³/mol. The van der Waals surface area contributed by atoms with E-state index in [1.54, 1.807) is 6.20 Å². The molecule has 0 spiro atoms. The van der Waals surface area contributed by atoms with Crippen LogP contribution in [0.4, 0.5) is 0 Å². The minimum Gasteiger partial charge on any atom is -0.390 e. The number of thiazole rings is 1. The first kappa shape index (κ1) is 13.6. The maximum Gasteiger partial charge on any atom is 0.185 e. The van der Waals surface area contributed by atoms with E-state index in [4.69, 9.17) is 0 Å². The summed E-state index contributed by atoms with van der Waals surface area (Å²) in [6, 6.07) is 0. The van der Waals surface area contributed by atoms with Crippen molar-refractivity contribution in [2.75, 3.05) is 5.75 Å². The molecule has 0 radical (unpaired) electrons. The molecule has 2 unspecified atom stereocenters. The Labute approximate surface area is 103 Å². The lowest BCUT2D eigenvalue weighted by molar-refractivity contribution is -0.109. The minimum absolute atomic E-state index is 0.0202. The van der Waals surface area contributed by atoms with Crippen molar-refractivity contribution in [1.82, 2.24) is 4.98 Å². The highest BCUT2D eigenvalue weighted by molar-refractivity contribution is 8.13. The summed E-state index contributed by atoms with van der Waals surface area (Å²) >= 11 is 2.52. The Morgan fingerprint density at radius 2 is 2.31 bits per heavy atom. The number of hydrogen-bond acceptors (Lipinski definition) is 6. The molecule has 0 aliphatic carbocycles. The molecule has 0 aromatic carbocycles. The normalized spacial score (nSPS) is 14.8. The standard InChI is InChI=1S/C10H15NO3S2/c1-6-5-11-10(16-6)9(14)8(13)3-4-15-7(2)12/h5,8-9,13-14H,3-4H2,1-2H3. The second kappa shape index (κ2) is 6.34. The molecule has 0 amide bonds. The maximum absolute atomic E-state index is 10.7. The topological polar surface area (TPSA) is 70.4 Å². The first-order valence-corrected chi connectivity index (χ1v) is 6.72. The average molecular weight is 261 g/mol. The van der Waals surface area contributed by atoms with Crippen LogP contribution in [0.25, 0.3) is 0 Å². The number of rotatable bonds is 5. The Bertz CT molecular complexity index is 354. The van der Waals surface area contributed by atoms with Crippen LogP contribution in [0.1, 0.15) is 29.3 Å². The number of aliphatic hydroxyl groups excluding tert-OH is 2. The van der Waals surface area contributed by atoms with Gasteiger partial charge >= 0.3 is 0 Å². The molecule has 0 fully saturated rings. The fourth-order valence-corrected chi connectivity index (χ4v) is 2.62. The van der Waals surface area contributed by atoms with Gasteiger partial charge in [-0.05, 0) is 13.3 Å². The molecule has 1 aromatic rings. The number of carbonyl (C=O) groups excluding carboxylic acids is 1. The largest absolute Gasteiger partial charge is 0.390 e. The highest BCUT2D eigenvalue weighted by atomic mass is 32.2. The van der Waals surface area contributed by atoms with Crippen LogP contribution in [0.15, 0.2) is 6.20 Å². The van der Waals surface area contributed by atoms with E-state index in [-0.39, 0.29) is 5.12 Å². The van der Waals surface area contributed by atoms with Crippen molar-refractivity contribution in [1.29, 1.82) is 0 Å². The number of aryl methyl sites for hydroxylation is 1. The predicted octanol–water partition coefficient (Wildman–Crippen LogP) is 1.52. The Kier molecular flexibility index (Phi) is 5.40. The van der Waals surface area contributed by atoms with Gasteiger partial charge in [0, 0.05) is 23.8 Å². The summed E-state index contributed by atoms with van der Waals surface area (Å²) in [7, 11) is 0. The minimum atomic E-state index is -0.953. The van der Waals surface area contributed by atoms with Gasteiger partial charge in [-0.15, -0.1) is 11.3 Å². The zero-order valence-corrected chi connectivity index (χ0v) is 10.8. The first-order valence-electron chi connectivity index (χ1n) is 4.92. The SMILES string of the molecule is CC(=O)SCCC(O)C(O)c1ncc(C)s1. The molecule has 0 aliphatic heterocycles. The monoisotopic (exact) mass is 261 g/mol. The Morgan fingerprint density at radius 1 is 1.62 bits per heavy atom. The van der Waals surface area contributed by atoms with Crippen molar-refractivity contribution in [2.45, 2.75) is 32.5 Å². The van der Waals surface area contributed by atoms with E-state index < -0.39 is 12.2 Å². The first-order chi connectivity index (χ1) is 7.50. The van der Waals surface area contributed by atoms with E-state index in [1.165, 1.54) is 18.3 Å². The van der Waals surface area contributed by atoms with Crippen molar-refractivity contribution in [3.8, 4) is 0 Å². The van der Waals surface area contributed by atoms with Crippen LogP contribution in [0, 0.1) is 6.92 Å². The molecule has 0 aliphatic rings. The molecule has 0 bridgehead atoms.